The molecular formula is C18H19F2N3O2. The zero-order valence-electron chi connectivity index (χ0n) is 13.7. The highest BCUT2D eigenvalue weighted by atomic mass is 19.1. The number of halogens is 2. The number of carbonyl (C=O) groups excluding carboxylic acids is 2. The Morgan fingerprint density at radius 2 is 1.76 bits per heavy atom. The number of amides is 3. The van der Waals surface area contributed by atoms with E-state index in [0.29, 0.717) is 6.54 Å². The molecule has 0 aromatic heterocycles. The molecule has 0 aliphatic carbocycles. The van der Waals surface area contributed by atoms with E-state index in [2.05, 4.69) is 16.0 Å². The molecule has 132 valence electrons. The topological polar surface area (TPSA) is 70.2 Å². The lowest BCUT2D eigenvalue weighted by molar-refractivity contribution is -0.120. The number of carbonyl (C=O) groups is 2. The van der Waals surface area contributed by atoms with Crippen LogP contribution in [0.5, 0.6) is 0 Å². The molecule has 3 amide bonds. The minimum absolute atomic E-state index is 0.170. The molecule has 1 unspecified atom stereocenters. The van der Waals surface area contributed by atoms with Gasteiger partial charge in [0.2, 0.25) is 5.91 Å². The van der Waals surface area contributed by atoms with Crippen molar-refractivity contribution in [1.29, 1.82) is 0 Å². The number of nitrogens with one attached hydrogen (secondary N) is 3. The molecule has 2 aromatic rings. The standard InChI is InChI=1S/C18H19F2N3O2/c1-12(15-8-7-14(19)9-16(15)20)23-17(24)11-22-18(25)21-10-13-5-3-2-4-6-13/h2-9,12H,10-11H2,1H3,(H,23,24)(H2,21,22,25). The Labute approximate surface area is 144 Å². The Kier molecular flexibility index (Phi) is 6.45. The first kappa shape index (κ1) is 18.4. The normalized spacial score (nSPS) is 11.5. The summed E-state index contributed by atoms with van der Waals surface area (Å²) in [6.45, 7) is 1.66. The van der Waals surface area contributed by atoms with E-state index in [1.54, 1.807) is 6.92 Å². The van der Waals surface area contributed by atoms with E-state index in [9.17, 15) is 18.4 Å². The molecule has 2 aromatic carbocycles. The number of hydrogen-bond acceptors (Lipinski definition) is 2. The third kappa shape index (κ3) is 5.87. The Balaban J connectivity index is 1.75. The van der Waals surface area contributed by atoms with Crippen molar-refractivity contribution in [2.45, 2.75) is 19.5 Å². The van der Waals surface area contributed by atoms with Crippen LogP contribution in [0.15, 0.2) is 48.5 Å². The maximum Gasteiger partial charge on any atom is 0.315 e. The second-order valence-corrected chi connectivity index (χ2v) is 5.48. The summed E-state index contributed by atoms with van der Waals surface area (Å²) in [5.74, 6) is -1.90. The molecule has 1 atom stereocenters. The van der Waals surface area contributed by atoms with Gasteiger partial charge >= 0.3 is 6.03 Å². The van der Waals surface area contributed by atoms with Crippen molar-refractivity contribution < 1.29 is 18.4 Å². The molecule has 7 heteroatoms. The highest BCUT2D eigenvalue weighted by molar-refractivity contribution is 5.84. The second-order valence-electron chi connectivity index (χ2n) is 5.48. The predicted molar refractivity (Wildman–Crippen MR) is 89.6 cm³/mol. The molecule has 3 N–H and O–H groups in total. The fourth-order valence-electron chi connectivity index (χ4n) is 2.22. The average molecular weight is 347 g/mol. The van der Waals surface area contributed by atoms with Crippen LogP contribution in [0.2, 0.25) is 0 Å². The Bertz CT molecular complexity index is 738. The summed E-state index contributed by atoms with van der Waals surface area (Å²) in [6.07, 6.45) is 0. The Morgan fingerprint density at radius 1 is 1.04 bits per heavy atom. The van der Waals surface area contributed by atoms with Gasteiger partial charge in [0.15, 0.2) is 0 Å². The van der Waals surface area contributed by atoms with Crippen molar-refractivity contribution in [2.24, 2.45) is 0 Å². The van der Waals surface area contributed by atoms with Crippen LogP contribution in [0.4, 0.5) is 13.6 Å². The molecule has 0 heterocycles. The molecule has 0 saturated heterocycles. The monoisotopic (exact) mass is 347 g/mol. The first-order valence-corrected chi connectivity index (χ1v) is 7.75. The molecular weight excluding hydrogens is 328 g/mol. The van der Waals surface area contributed by atoms with Crippen LogP contribution in [-0.4, -0.2) is 18.5 Å². The number of benzene rings is 2. The summed E-state index contributed by atoms with van der Waals surface area (Å²) < 4.78 is 26.6. The van der Waals surface area contributed by atoms with Gasteiger partial charge in [-0.15, -0.1) is 0 Å². The van der Waals surface area contributed by atoms with Crippen LogP contribution >= 0.6 is 0 Å². The molecule has 5 nitrogen and oxygen atoms in total. The quantitative estimate of drug-likeness (QED) is 0.752. The van der Waals surface area contributed by atoms with E-state index in [-0.39, 0.29) is 12.1 Å². The van der Waals surface area contributed by atoms with Crippen molar-refractivity contribution >= 4 is 11.9 Å². The highest BCUT2D eigenvalue weighted by Gasteiger charge is 2.14. The van der Waals surface area contributed by atoms with Gasteiger partial charge < -0.3 is 16.0 Å². The maximum absolute atomic E-state index is 13.7. The van der Waals surface area contributed by atoms with Crippen molar-refractivity contribution in [1.82, 2.24) is 16.0 Å². The van der Waals surface area contributed by atoms with Crippen molar-refractivity contribution in [3.05, 3.63) is 71.3 Å². The molecule has 0 fully saturated rings. The molecule has 0 bridgehead atoms. The van der Waals surface area contributed by atoms with Gasteiger partial charge in [-0.2, -0.15) is 0 Å². The molecule has 0 aliphatic rings. The minimum Gasteiger partial charge on any atom is -0.348 e. The first-order chi connectivity index (χ1) is 12.0. The van der Waals surface area contributed by atoms with Gasteiger partial charge in [-0.25, -0.2) is 13.6 Å². The average Bonchev–Trinajstić information content (AvgIpc) is 2.59. The van der Waals surface area contributed by atoms with E-state index in [0.717, 1.165) is 17.7 Å². The SMILES string of the molecule is CC(NC(=O)CNC(=O)NCc1ccccc1)c1ccc(F)cc1F. The summed E-state index contributed by atoms with van der Waals surface area (Å²) >= 11 is 0. The largest absolute Gasteiger partial charge is 0.348 e. The lowest BCUT2D eigenvalue weighted by Gasteiger charge is -2.15. The Hall–Kier alpha value is -2.96. The molecule has 2 rings (SSSR count). The fraction of sp³-hybridized carbons (Fsp3) is 0.222. The lowest BCUT2D eigenvalue weighted by atomic mass is 10.1. The predicted octanol–water partition coefficient (Wildman–Crippen LogP) is 2.64. The fourth-order valence-corrected chi connectivity index (χ4v) is 2.22. The van der Waals surface area contributed by atoms with Gasteiger partial charge in [0.1, 0.15) is 11.6 Å². The summed E-state index contributed by atoms with van der Waals surface area (Å²) in [5.41, 5.74) is 1.10. The van der Waals surface area contributed by atoms with Crippen LogP contribution in [-0.2, 0) is 11.3 Å². The van der Waals surface area contributed by atoms with Crippen LogP contribution in [0.1, 0.15) is 24.1 Å². The first-order valence-electron chi connectivity index (χ1n) is 7.75. The van der Waals surface area contributed by atoms with Crippen LogP contribution < -0.4 is 16.0 Å². The summed E-state index contributed by atoms with van der Waals surface area (Å²) in [7, 11) is 0. The van der Waals surface area contributed by atoms with Crippen molar-refractivity contribution in [3.63, 3.8) is 0 Å². The van der Waals surface area contributed by atoms with Gasteiger partial charge in [-0.1, -0.05) is 36.4 Å². The third-order valence-electron chi connectivity index (χ3n) is 3.51. The molecule has 0 radical (unpaired) electrons. The molecule has 0 aliphatic heterocycles. The molecule has 0 saturated carbocycles. The van der Waals surface area contributed by atoms with Gasteiger partial charge in [0.05, 0.1) is 12.6 Å². The van der Waals surface area contributed by atoms with E-state index in [1.807, 2.05) is 30.3 Å². The van der Waals surface area contributed by atoms with Gasteiger partial charge in [-0.05, 0) is 18.6 Å². The van der Waals surface area contributed by atoms with Crippen LogP contribution in [0, 0.1) is 11.6 Å². The smallest absolute Gasteiger partial charge is 0.315 e. The van der Waals surface area contributed by atoms with E-state index >= 15 is 0 Å². The summed E-state index contributed by atoms with van der Waals surface area (Å²) in [4.78, 5) is 23.5. The van der Waals surface area contributed by atoms with Gasteiger partial charge in [0, 0.05) is 18.2 Å². The zero-order valence-corrected chi connectivity index (χ0v) is 13.7. The Morgan fingerprint density at radius 3 is 2.44 bits per heavy atom. The van der Waals surface area contributed by atoms with Crippen LogP contribution in [0.3, 0.4) is 0 Å². The van der Waals surface area contributed by atoms with Crippen molar-refractivity contribution in [3.8, 4) is 0 Å². The van der Waals surface area contributed by atoms with Crippen LogP contribution in [0.25, 0.3) is 0 Å². The lowest BCUT2D eigenvalue weighted by Crippen LogP contribution is -2.42. The molecule has 0 spiro atoms. The molecule has 25 heavy (non-hydrogen) atoms. The van der Waals surface area contributed by atoms with E-state index in [4.69, 9.17) is 0 Å². The maximum atomic E-state index is 13.7. The van der Waals surface area contributed by atoms with E-state index < -0.39 is 29.6 Å². The number of urea groups is 1. The third-order valence-corrected chi connectivity index (χ3v) is 3.51. The summed E-state index contributed by atoms with van der Waals surface area (Å²) in [5, 5.41) is 7.58. The number of hydrogen-bond donors (Lipinski definition) is 3. The summed E-state index contributed by atoms with van der Waals surface area (Å²) in [6, 6.07) is 11.3. The van der Waals surface area contributed by atoms with Gasteiger partial charge in [0.25, 0.3) is 0 Å². The second kappa shape index (κ2) is 8.77. The zero-order chi connectivity index (χ0) is 18.2. The number of rotatable bonds is 6. The van der Waals surface area contributed by atoms with Crippen molar-refractivity contribution in [2.75, 3.05) is 6.54 Å². The van der Waals surface area contributed by atoms with E-state index in [1.165, 1.54) is 6.07 Å². The van der Waals surface area contributed by atoms with Gasteiger partial charge in [-0.3, -0.25) is 4.79 Å². The minimum atomic E-state index is -0.735. The highest BCUT2D eigenvalue weighted by Crippen LogP contribution is 2.17.